The van der Waals surface area contributed by atoms with Gasteiger partial charge in [0.2, 0.25) is 5.91 Å². The highest BCUT2D eigenvalue weighted by molar-refractivity contribution is 7.47. The van der Waals surface area contributed by atoms with Crippen molar-refractivity contribution in [2.45, 2.75) is 199 Å². The zero-order valence-electron chi connectivity index (χ0n) is 42.2. The van der Waals surface area contributed by atoms with Crippen molar-refractivity contribution in [1.29, 1.82) is 0 Å². The highest BCUT2D eigenvalue weighted by Gasteiger charge is 2.27. The van der Waals surface area contributed by atoms with E-state index in [0.29, 0.717) is 17.4 Å². The number of phosphoric ester groups is 1. The molecule has 65 heavy (non-hydrogen) atoms. The summed E-state index contributed by atoms with van der Waals surface area (Å²) >= 11 is 0. The number of unbranched alkanes of at least 4 members (excludes halogenated alkanes) is 16. The van der Waals surface area contributed by atoms with E-state index in [-0.39, 0.29) is 25.5 Å². The maximum absolute atomic E-state index is 12.9. The van der Waals surface area contributed by atoms with Crippen molar-refractivity contribution in [2.24, 2.45) is 0 Å². The van der Waals surface area contributed by atoms with Gasteiger partial charge in [0.15, 0.2) is 0 Å². The van der Waals surface area contributed by atoms with Gasteiger partial charge in [0.1, 0.15) is 13.2 Å². The zero-order valence-corrected chi connectivity index (χ0v) is 43.1. The van der Waals surface area contributed by atoms with Gasteiger partial charge in [-0.1, -0.05) is 207 Å². The molecule has 372 valence electrons. The molecule has 3 N–H and O–H groups in total. The van der Waals surface area contributed by atoms with Crippen LogP contribution in [0.2, 0.25) is 0 Å². The number of aliphatic hydroxyl groups is 1. The highest BCUT2D eigenvalue weighted by atomic mass is 31.2. The fourth-order valence-corrected chi connectivity index (χ4v) is 7.42. The molecule has 0 aromatic heterocycles. The number of amides is 1. The van der Waals surface area contributed by atoms with Gasteiger partial charge < -0.3 is 19.8 Å². The molecule has 0 bridgehead atoms. The summed E-state index contributed by atoms with van der Waals surface area (Å²) in [7, 11) is 1.48. The quantitative estimate of drug-likeness (QED) is 0.0243. The average molecular weight is 926 g/mol. The third-order valence-electron chi connectivity index (χ3n) is 10.7. The molecule has 0 aromatic carbocycles. The third kappa shape index (κ3) is 48.9. The molecule has 0 fully saturated rings. The van der Waals surface area contributed by atoms with Crippen LogP contribution in [0.3, 0.4) is 0 Å². The van der Waals surface area contributed by atoms with Crippen molar-refractivity contribution in [2.75, 3.05) is 40.9 Å². The summed E-state index contributed by atoms with van der Waals surface area (Å²) < 4.78 is 23.6. The van der Waals surface area contributed by atoms with Crippen molar-refractivity contribution in [3.8, 4) is 0 Å². The molecule has 9 heteroatoms. The average Bonchev–Trinajstić information content (AvgIpc) is 3.26. The maximum Gasteiger partial charge on any atom is 0.472 e. The number of aliphatic hydroxyl groups excluding tert-OH is 1. The molecule has 1 amide bonds. The van der Waals surface area contributed by atoms with Crippen molar-refractivity contribution >= 4 is 13.7 Å². The second kappa shape index (κ2) is 46.3. The molecule has 0 saturated carbocycles. The van der Waals surface area contributed by atoms with E-state index in [9.17, 15) is 19.4 Å². The van der Waals surface area contributed by atoms with Crippen LogP contribution in [0.15, 0.2) is 109 Å². The molecule has 0 aliphatic carbocycles. The monoisotopic (exact) mass is 926 g/mol. The van der Waals surface area contributed by atoms with Gasteiger partial charge in [-0.25, -0.2) is 4.57 Å². The van der Waals surface area contributed by atoms with E-state index in [1.54, 1.807) is 6.08 Å². The van der Waals surface area contributed by atoms with E-state index in [2.05, 4.69) is 104 Å². The second-order valence-corrected chi connectivity index (χ2v) is 19.6. The summed E-state index contributed by atoms with van der Waals surface area (Å²) in [6.45, 7) is 4.60. The van der Waals surface area contributed by atoms with Gasteiger partial charge >= 0.3 is 7.82 Å². The minimum Gasteiger partial charge on any atom is -0.387 e. The Morgan fingerprint density at radius 1 is 0.538 bits per heavy atom. The zero-order chi connectivity index (χ0) is 47.8. The van der Waals surface area contributed by atoms with Crippen LogP contribution in [0.5, 0.6) is 0 Å². The third-order valence-corrected chi connectivity index (χ3v) is 11.7. The molecule has 0 radical (unpaired) electrons. The van der Waals surface area contributed by atoms with Crippen molar-refractivity contribution in [3.05, 3.63) is 109 Å². The van der Waals surface area contributed by atoms with Crippen LogP contribution in [0.1, 0.15) is 187 Å². The number of hydrogen-bond donors (Lipinski definition) is 3. The fraction of sp³-hybridized carbons (Fsp3) is 0.661. The summed E-state index contributed by atoms with van der Waals surface area (Å²) in [5, 5.41) is 13.8. The molecule has 0 aliphatic rings. The lowest BCUT2D eigenvalue weighted by Crippen LogP contribution is -2.45. The summed E-state index contributed by atoms with van der Waals surface area (Å²) in [5.74, 6) is -0.277. The summed E-state index contributed by atoms with van der Waals surface area (Å²) in [6.07, 6.45) is 67.7. The number of hydrogen-bond acceptors (Lipinski definition) is 5. The number of nitrogens with one attached hydrogen (secondary N) is 1. The number of likely N-dealkylation sites (N-methyl/N-ethyl adjacent to an activating group) is 1. The van der Waals surface area contributed by atoms with Gasteiger partial charge in [0.25, 0.3) is 0 Å². The lowest BCUT2D eigenvalue weighted by atomic mass is 10.0. The standard InChI is InChI=1S/C56H97N2O6P/c1-6-8-10-12-14-16-18-20-22-24-26-27-28-29-30-32-33-35-37-39-41-43-45-47-49-55(59)54(53-64-65(61,62)63-52-51-58(3,4)5)57-56(60)50-48-46-44-42-40-38-36-34-31-25-23-21-19-17-15-13-11-9-7-2/h9,11,15,17,21,23,31-34,38-41,44,46-47,49,54-55,59H,6-8,10,12-14,16,18-20,22,24-30,35-37,42-43,45,48,50-53H2,1-5H3,(H-,57,60,61,62)/p+1/b11-9-,17-15-,23-21-,33-32+,34-31-,40-38-,41-39+,46-44-,49-47+. The first kappa shape index (κ1) is 62.2. The fourth-order valence-electron chi connectivity index (χ4n) is 6.68. The van der Waals surface area contributed by atoms with Crippen LogP contribution in [-0.4, -0.2) is 73.4 Å². The maximum atomic E-state index is 12.9. The Balaban J connectivity index is 4.52. The van der Waals surface area contributed by atoms with Gasteiger partial charge in [0, 0.05) is 6.42 Å². The summed E-state index contributed by atoms with van der Waals surface area (Å²) in [5.41, 5.74) is 0. The number of quaternary nitrogens is 1. The van der Waals surface area contributed by atoms with Crippen LogP contribution in [-0.2, 0) is 18.4 Å². The van der Waals surface area contributed by atoms with Crippen molar-refractivity contribution in [3.63, 3.8) is 0 Å². The van der Waals surface area contributed by atoms with E-state index in [1.165, 1.54) is 96.3 Å². The van der Waals surface area contributed by atoms with E-state index in [1.807, 2.05) is 39.4 Å². The molecule has 0 aromatic rings. The number of allylic oxidation sites excluding steroid dienone is 17. The Bertz CT molecular complexity index is 1420. The van der Waals surface area contributed by atoms with Crippen LogP contribution >= 0.6 is 7.82 Å². The topological polar surface area (TPSA) is 105 Å². The van der Waals surface area contributed by atoms with E-state index in [0.717, 1.165) is 64.2 Å². The SMILES string of the molecule is CC/C=C\C/C=C\C/C=C\C/C=C\C/C=C\C/C=C\CCC(=O)NC(COP(=O)(O)OCC[N+](C)(C)C)C(O)/C=C/CC/C=C/CC/C=C/CCCCCCCCCCCCCCCC. The Morgan fingerprint density at radius 2 is 0.938 bits per heavy atom. The molecule has 8 nitrogen and oxygen atoms in total. The van der Waals surface area contributed by atoms with Crippen molar-refractivity contribution in [1.82, 2.24) is 5.32 Å². The molecule has 0 aliphatic heterocycles. The normalized spacial score (nSPS) is 15.0. The molecule has 3 atom stereocenters. The highest BCUT2D eigenvalue weighted by Crippen LogP contribution is 2.43. The van der Waals surface area contributed by atoms with Gasteiger partial charge in [-0.15, -0.1) is 0 Å². The first-order valence-electron chi connectivity index (χ1n) is 25.8. The number of nitrogens with zero attached hydrogens (tertiary/aromatic N) is 1. The predicted molar refractivity (Wildman–Crippen MR) is 281 cm³/mol. The van der Waals surface area contributed by atoms with Crippen molar-refractivity contribution < 1.29 is 32.9 Å². The van der Waals surface area contributed by atoms with Gasteiger partial charge in [-0.05, 0) is 83.5 Å². The molecule has 0 spiro atoms. The van der Waals surface area contributed by atoms with E-state index >= 15 is 0 Å². The molecule has 0 rings (SSSR count). The van der Waals surface area contributed by atoms with Crippen LogP contribution in [0, 0.1) is 0 Å². The first-order chi connectivity index (χ1) is 31.5. The lowest BCUT2D eigenvalue weighted by molar-refractivity contribution is -0.870. The Morgan fingerprint density at radius 3 is 1.40 bits per heavy atom. The Labute approximate surface area is 400 Å². The van der Waals surface area contributed by atoms with Gasteiger partial charge in [-0.3, -0.25) is 13.8 Å². The lowest BCUT2D eigenvalue weighted by Gasteiger charge is -2.25. The number of rotatable bonds is 45. The van der Waals surface area contributed by atoms with E-state index in [4.69, 9.17) is 9.05 Å². The predicted octanol–water partition coefficient (Wildman–Crippen LogP) is 15.3. The smallest absolute Gasteiger partial charge is 0.387 e. The molecule has 0 saturated heterocycles. The second-order valence-electron chi connectivity index (χ2n) is 18.1. The molecular formula is C56H98N2O6P+. The van der Waals surface area contributed by atoms with Gasteiger partial charge in [-0.2, -0.15) is 0 Å². The van der Waals surface area contributed by atoms with Crippen LogP contribution < -0.4 is 5.32 Å². The van der Waals surface area contributed by atoms with Crippen LogP contribution in [0.4, 0.5) is 0 Å². The number of carbonyl (C=O) groups excluding carboxylic acids is 1. The summed E-state index contributed by atoms with van der Waals surface area (Å²) in [4.78, 5) is 23.2. The summed E-state index contributed by atoms with van der Waals surface area (Å²) in [6, 6.07) is -0.918. The molecule has 0 heterocycles. The molecular weight excluding hydrogens is 828 g/mol. The molecule has 3 unspecified atom stereocenters. The Hall–Kier alpha value is -2.84. The Kier molecular flexibility index (Phi) is 44.3. The van der Waals surface area contributed by atoms with Crippen LogP contribution in [0.25, 0.3) is 0 Å². The van der Waals surface area contributed by atoms with Gasteiger partial charge in [0.05, 0.1) is 39.9 Å². The number of carbonyl (C=O) groups is 1. The largest absolute Gasteiger partial charge is 0.472 e. The minimum absolute atomic E-state index is 0.0338. The number of phosphoric acid groups is 1. The minimum atomic E-state index is -4.38. The first-order valence-corrected chi connectivity index (χ1v) is 27.3. The van der Waals surface area contributed by atoms with E-state index < -0.39 is 20.0 Å².